The van der Waals surface area contributed by atoms with Gasteiger partial charge in [-0.05, 0) is 30.5 Å². The molecule has 1 aliphatic carbocycles. The predicted octanol–water partition coefficient (Wildman–Crippen LogP) is 2.37. The molecule has 1 saturated carbocycles. The number of rotatable bonds is 4. The number of amides is 1. The lowest BCUT2D eigenvalue weighted by molar-refractivity contribution is -0.134. The lowest BCUT2D eigenvalue weighted by atomic mass is 9.79. The topological polar surface area (TPSA) is 50.4 Å². The van der Waals surface area contributed by atoms with Crippen molar-refractivity contribution in [3.05, 3.63) is 34.3 Å². The minimum absolute atomic E-state index is 0.00980. The van der Waals surface area contributed by atoms with Crippen molar-refractivity contribution in [1.82, 2.24) is 10.6 Å². The second kappa shape index (κ2) is 7.11. The fourth-order valence-corrected chi connectivity index (χ4v) is 3.79. The van der Waals surface area contributed by atoms with Crippen molar-refractivity contribution in [2.45, 2.75) is 37.2 Å². The van der Waals surface area contributed by atoms with Crippen molar-refractivity contribution in [3.8, 4) is 0 Å². The van der Waals surface area contributed by atoms with Crippen LogP contribution >= 0.6 is 15.9 Å². The first kappa shape index (κ1) is 16.0. The molecule has 5 heteroatoms. The molecule has 1 aromatic rings. The molecule has 0 bridgehead atoms. The molecule has 0 radical (unpaired) electrons. The summed E-state index contributed by atoms with van der Waals surface area (Å²) in [6.07, 6.45) is 4.38. The van der Waals surface area contributed by atoms with E-state index in [-0.39, 0.29) is 17.4 Å². The monoisotopic (exact) mass is 366 g/mol. The van der Waals surface area contributed by atoms with Crippen LogP contribution in [0.2, 0.25) is 0 Å². The summed E-state index contributed by atoms with van der Waals surface area (Å²) in [6, 6.07) is 8.54. The molecule has 1 saturated heterocycles. The number of ether oxygens (including phenoxy) is 1. The molecule has 2 aliphatic rings. The van der Waals surface area contributed by atoms with Gasteiger partial charge in [-0.1, -0.05) is 40.9 Å². The maximum Gasteiger partial charge on any atom is 0.250 e. The Bertz CT molecular complexity index is 506. The molecule has 1 atom stereocenters. The molecule has 1 amide bonds. The third-order valence-corrected chi connectivity index (χ3v) is 5.37. The zero-order valence-corrected chi connectivity index (χ0v) is 14.3. The van der Waals surface area contributed by atoms with Gasteiger partial charge in [-0.15, -0.1) is 0 Å². The van der Waals surface area contributed by atoms with Gasteiger partial charge in [0.1, 0.15) is 6.10 Å². The third kappa shape index (κ3) is 3.53. The van der Waals surface area contributed by atoms with Crippen LogP contribution in [-0.2, 0) is 14.9 Å². The fourth-order valence-electron chi connectivity index (χ4n) is 3.53. The van der Waals surface area contributed by atoms with Gasteiger partial charge in [0.2, 0.25) is 5.91 Å². The average Bonchev–Trinajstić information content (AvgIpc) is 3.04. The first-order valence-corrected chi connectivity index (χ1v) is 8.85. The second-order valence-corrected chi connectivity index (χ2v) is 7.19. The highest BCUT2D eigenvalue weighted by Crippen LogP contribution is 2.40. The van der Waals surface area contributed by atoms with E-state index in [4.69, 9.17) is 4.74 Å². The molecule has 3 rings (SSSR count). The van der Waals surface area contributed by atoms with E-state index in [1.165, 1.54) is 18.4 Å². The highest BCUT2D eigenvalue weighted by molar-refractivity contribution is 9.10. The van der Waals surface area contributed by atoms with Crippen LogP contribution in [-0.4, -0.2) is 38.3 Å². The van der Waals surface area contributed by atoms with Crippen molar-refractivity contribution in [2.75, 3.05) is 26.2 Å². The zero-order valence-electron chi connectivity index (χ0n) is 12.7. The Labute approximate surface area is 140 Å². The Balaban J connectivity index is 1.66. The largest absolute Gasteiger partial charge is 0.366 e. The number of nitrogens with one attached hydrogen (secondary N) is 2. The number of halogens is 1. The molecule has 22 heavy (non-hydrogen) atoms. The van der Waals surface area contributed by atoms with Crippen molar-refractivity contribution in [1.29, 1.82) is 0 Å². The number of carbonyl (C=O) groups excluding carboxylic acids is 1. The Morgan fingerprint density at radius 2 is 2.05 bits per heavy atom. The summed E-state index contributed by atoms with van der Waals surface area (Å²) in [4.78, 5) is 12.3. The zero-order chi connectivity index (χ0) is 15.4. The summed E-state index contributed by atoms with van der Waals surface area (Å²) < 4.78 is 6.62. The van der Waals surface area contributed by atoms with Crippen molar-refractivity contribution in [2.24, 2.45) is 0 Å². The molecule has 0 aromatic heterocycles. The first-order valence-electron chi connectivity index (χ1n) is 8.06. The van der Waals surface area contributed by atoms with Crippen molar-refractivity contribution >= 4 is 21.8 Å². The number of carbonyl (C=O) groups is 1. The maximum absolute atomic E-state index is 12.3. The van der Waals surface area contributed by atoms with Gasteiger partial charge in [-0.25, -0.2) is 0 Å². The molecule has 1 unspecified atom stereocenters. The van der Waals surface area contributed by atoms with E-state index in [0.717, 1.165) is 23.9 Å². The normalized spacial score (nSPS) is 24.1. The van der Waals surface area contributed by atoms with E-state index in [2.05, 4.69) is 50.8 Å². The van der Waals surface area contributed by atoms with Crippen molar-refractivity contribution in [3.63, 3.8) is 0 Å². The minimum Gasteiger partial charge on any atom is -0.366 e. The molecule has 1 aliphatic heterocycles. The molecule has 1 heterocycles. The van der Waals surface area contributed by atoms with E-state index < -0.39 is 0 Å². The second-order valence-electron chi connectivity index (χ2n) is 6.28. The molecule has 120 valence electrons. The summed E-state index contributed by atoms with van der Waals surface area (Å²) in [5, 5.41) is 6.33. The SMILES string of the molecule is O=C(NCC1(c2ccc(Br)cc2)CCCC1)C1CNCCO1. The van der Waals surface area contributed by atoms with Gasteiger partial charge in [0.15, 0.2) is 0 Å². The molecule has 2 N–H and O–H groups in total. The van der Waals surface area contributed by atoms with Crippen LogP contribution in [0.3, 0.4) is 0 Å². The predicted molar refractivity (Wildman–Crippen MR) is 89.9 cm³/mol. The standard InChI is InChI=1S/C17H23BrN2O2/c18-14-5-3-13(4-6-14)17(7-1-2-8-17)12-20-16(21)15-11-19-9-10-22-15/h3-6,15,19H,1-2,7-12H2,(H,20,21). The van der Waals surface area contributed by atoms with Gasteiger partial charge in [0.05, 0.1) is 6.61 Å². The van der Waals surface area contributed by atoms with Gasteiger partial charge in [0.25, 0.3) is 0 Å². The summed E-state index contributed by atoms with van der Waals surface area (Å²) >= 11 is 3.49. The van der Waals surface area contributed by atoms with Crippen LogP contribution in [0.4, 0.5) is 0 Å². The number of hydrogen-bond donors (Lipinski definition) is 2. The quantitative estimate of drug-likeness (QED) is 0.859. The summed E-state index contributed by atoms with van der Waals surface area (Å²) in [5.41, 5.74) is 1.41. The van der Waals surface area contributed by atoms with Crippen LogP contribution < -0.4 is 10.6 Å². The molecule has 2 fully saturated rings. The summed E-state index contributed by atoms with van der Waals surface area (Å²) in [7, 11) is 0. The smallest absolute Gasteiger partial charge is 0.250 e. The highest BCUT2D eigenvalue weighted by Gasteiger charge is 2.36. The fraction of sp³-hybridized carbons (Fsp3) is 0.588. The van der Waals surface area contributed by atoms with E-state index in [0.29, 0.717) is 19.7 Å². The summed E-state index contributed by atoms with van der Waals surface area (Å²) in [6.45, 7) is 2.74. The first-order chi connectivity index (χ1) is 10.7. The number of benzene rings is 1. The van der Waals surface area contributed by atoms with E-state index in [1.807, 2.05) is 0 Å². The van der Waals surface area contributed by atoms with Crippen molar-refractivity contribution < 1.29 is 9.53 Å². The third-order valence-electron chi connectivity index (χ3n) is 4.84. The molecular formula is C17H23BrN2O2. The Kier molecular flexibility index (Phi) is 5.16. The molecule has 0 spiro atoms. The highest BCUT2D eigenvalue weighted by atomic mass is 79.9. The number of morpholine rings is 1. The maximum atomic E-state index is 12.3. The molecule has 1 aromatic carbocycles. The van der Waals surface area contributed by atoms with Gasteiger partial charge < -0.3 is 15.4 Å². The Hall–Kier alpha value is -0.910. The molecular weight excluding hydrogens is 344 g/mol. The van der Waals surface area contributed by atoms with Gasteiger partial charge in [0, 0.05) is 29.5 Å². The summed E-state index contributed by atoms with van der Waals surface area (Å²) in [5.74, 6) is 0.00980. The van der Waals surface area contributed by atoms with Crippen LogP contribution in [0, 0.1) is 0 Å². The van der Waals surface area contributed by atoms with E-state index in [1.54, 1.807) is 0 Å². The van der Waals surface area contributed by atoms with E-state index >= 15 is 0 Å². The van der Waals surface area contributed by atoms with Gasteiger partial charge in [-0.3, -0.25) is 4.79 Å². The van der Waals surface area contributed by atoms with Crippen LogP contribution in [0.15, 0.2) is 28.7 Å². The van der Waals surface area contributed by atoms with Crippen LogP contribution in [0.5, 0.6) is 0 Å². The molecule has 4 nitrogen and oxygen atoms in total. The lowest BCUT2D eigenvalue weighted by Crippen LogP contribution is -2.50. The van der Waals surface area contributed by atoms with Gasteiger partial charge >= 0.3 is 0 Å². The van der Waals surface area contributed by atoms with Gasteiger partial charge in [-0.2, -0.15) is 0 Å². The number of hydrogen-bond acceptors (Lipinski definition) is 3. The Morgan fingerprint density at radius 3 is 2.68 bits per heavy atom. The average molecular weight is 367 g/mol. The van der Waals surface area contributed by atoms with Crippen LogP contribution in [0.25, 0.3) is 0 Å². The Morgan fingerprint density at radius 1 is 1.32 bits per heavy atom. The lowest BCUT2D eigenvalue weighted by Gasteiger charge is -2.31. The van der Waals surface area contributed by atoms with E-state index in [9.17, 15) is 4.79 Å². The minimum atomic E-state index is -0.350. The van der Waals surface area contributed by atoms with Crippen LogP contribution in [0.1, 0.15) is 31.2 Å².